The molecule has 3 rings (SSSR count). The number of nitrogens with one attached hydrogen (secondary N) is 2. The van der Waals surface area contributed by atoms with E-state index in [1.807, 2.05) is 42.2 Å². The molecule has 1 aromatic carbocycles. The quantitative estimate of drug-likeness (QED) is 0.691. The lowest BCUT2D eigenvalue weighted by Crippen LogP contribution is -2.55. The van der Waals surface area contributed by atoms with Crippen molar-refractivity contribution < 1.29 is 14.7 Å². The maximum absolute atomic E-state index is 12.1. The first-order chi connectivity index (χ1) is 13.0. The van der Waals surface area contributed by atoms with Crippen molar-refractivity contribution in [3.63, 3.8) is 0 Å². The number of anilines is 1. The van der Waals surface area contributed by atoms with Gasteiger partial charge in [0, 0.05) is 17.6 Å². The van der Waals surface area contributed by atoms with Crippen LogP contribution in [0.1, 0.15) is 19.8 Å². The largest absolute Gasteiger partial charge is 0.480 e. The predicted octanol–water partition coefficient (Wildman–Crippen LogP) is 2.20. The first-order valence-corrected chi connectivity index (χ1v) is 8.96. The zero-order valence-corrected chi connectivity index (χ0v) is 15.1. The SMILES string of the molecule is CCN(CC(=O)O)C1CC(NC(=O)Nc2cnc(-c3ccccc3)nc2)C1. The van der Waals surface area contributed by atoms with Gasteiger partial charge in [-0.25, -0.2) is 14.8 Å². The number of rotatable bonds is 7. The second-order valence-corrected chi connectivity index (χ2v) is 6.54. The van der Waals surface area contributed by atoms with Crippen LogP contribution >= 0.6 is 0 Å². The minimum atomic E-state index is -0.829. The van der Waals surface area contributed by atoms with Crippen molar-refractivity contribution in [2.75, 3.05) is 18.4 Å². The maximum Gasteiger partial charge on any atom is 0.319 e. The van der Waals surface area contributed by atoms with E-state index in [2.05, 4.69) is 20.6 Å². The zero-order valence-electron chi connectivity index (χ0n) is 15.1. The minimum absolute atomic E-state index is 0.0329. The number of hydrogen-bond donors (Lipinski definition) is 3. The maximum atomic E-state index is 12.1. The molecule has 27 heavy (non-hydrogen) atoms. The summed E-state index contributed by atoms with van der Waals surface area (Å²) in [6, 6.07) is 9.54. The van der Waals surface area contributed by atoms with Crippen LogP contribution in [0.15, 0.2) is 42.7 Å². The molecule has 1 fully saturated rings. The summed E-state index contributed by atoms with van der Waals surface area (Å²) in [5, 5.41) is 14.5. The summed E-state index contributed by atoms with van der Waals surface area (Å²) in [6.07, 6.45) is 4.64. The molecule has 0 aliphatic heterocycles. The minimum Gasteiger partial charge on any atom is -0.480 e. The van der Waals surface area contributed by atoms with Crippen LogP contribution < -0.4 is 10.6 Å². The van der Waals surface area contributed by atoms with Crippen LogP contribution in [0.2, 0.25) is 0 Å². The van der Waals surface area contributed by atoms with E-state index in [0.717, 1.165) is 18.4 Å². The Hall–Kier alpha value is -3.00. The smallest absolute Gasteiger partial charge is 0.319 e. The Kier molecular flexibility index (Phi) is 5.97. The second kappa shape index (κ2) is 8.59. The third kappa shape index (κ3) is 5.01. The van der Waals surface area contributed by atoms with Crippen LogP contribution in [-0.2, 0) is 4.79 Å². The molecule has 1 aliphatic carbocycles. The molecule has 8 heteroatoms. The Balaban J connectivity index is 1.46. The Morgan fingerprint density at radius 1 is 1.19 bits per heavy atom. The van der Waals surface area contributed by atoms with E-state index in [-0.39, 0.29) is 24.7 Å². The van der Waals surface area contributed by atoms with Gasteiger partial charge >= 0.3 is 12.0 Å². The Labute approximate surface area is 157 Å². The molecule has 142 valence electrons. The first-order valence-electron chi connectivity index (χ1n) is 8.96. The number of carbonyl (C=O) groups is 2. The van der Waals surface area contributed by atoms with Gasteiger partial charge in [0.05, 0.1) is 24.6 Å². The molecule has 8 nitrogen and oxygen atoms in total. The van der Waals surface area contributed by atoms with Gasteiger partial charge in [-0.1, -0.05) is 37.3 Å². The number of aliphatic carboxylic acids is 1. The van der Waals surface area contributed by atoms with E-state index < -0.39 is 5.97 Å². The van der Waals surface area contributed by atoms with Crippen LogP contribution in [-0.4, -0.2) is 57.1 Å². The highest BCUT2D eigenvalue weighted by molar-refractivity contribution is 5.89. The molecule has 2 aromatic rings. The number of likely N-dealkylation sites (N-methyl/N-ethyl adjacent to an activating group) is 1. The van der Waals surface area contributed by atoms with Crippen LogP contribution in [0, 0.1) is 0 Å². The molecular weight excluding hydrogens is 346 g/mol. The molecule has 2 amide bonds. The van der Waals surface area contributed by atoms with Crippen molar-refractivity contribution in [1.82, 2.24) is 20.2 Å². The van der Waals surface area contributed by atoms with Crippen LogP contribution in [0.3, 0.4) is 0 Å². The molecule has 3 N–H and O–H groups in total. The Morgan fingerprint density at radius 2 is 1.85 bits per heavy atom. The number of carboxylic acids is 1. The van der Waals surface area contributed by atoms with Crippen molar-refractivity contribution in [2.24, 2.45) is 0 Å². The summed E-state index contributed by atoms with van der Waals surface area (Å²) < 4.78 is 0. The molecule has 0 radical (unpaired) electrons. The number of carboxylic acid groups (broad SMARTS) is 1. The van der Waals surface area contributed by atoms with E-state index >= 15 is 0 Å². The van der Waals surface area contributed by atoms with Crippen LogP contribution in [0.4, 0.5) is 10.5 Å². The van der Waals surface area contributed by atoms with E-state index in [4.69, 9.17) is 5.11 Å². The third-order valence-electron chi connectivity index (χ3n) is 4.65. The van der Waals surface area contributed by atoms with Crippen LogP contribution in [0.5, 0.6) is 0 Å². The molecule has 0 bridgehead atoms. The number of benzene rings is 1. The summed E-state index contributed by atoms with van der Waals surface area (Å²) in [5.74, 6) is -0.230. The number of hydrogen-bond acceptors (Lipinski definition) is 5. The van der Waals surface area contributed by atoms with Crippen LogP contribution in [0.25, 0.3) is 11.4 Å². The number of urea groups is 1. The topological polar surface area (TPSA) is 107 Å². The van der Waals surface area contributed by atoms with Gasteiger partial charge in [0.2, 0.25) is 0 Å². The lowest BCUT2D eigenvalue weighted by atomic mass is 9.85. The fraction of sp³-hybridized carbons (Fsp3) is 0.368. The molecule has 1 aromatic heterocycles. The summed E-state index contributed by atoms with van der Waals surface area (Å²) >= 11 is 0. The van der Waals surface area contributed by atoms with E-state index in [0.29, 0.717) is 18.1 Å². The van der Waals surface area contributed by atoms with Crippen molar-refractivity contribution in [3.05, 3.63) is 42.7 Å². The van der Waals surface area contributed by atoms with Gasteiger partial charge in [-0.15, -0.1) is 0 Å². The molecule has 0 atom stereocenters. The van der Waals surface area contributed by atoms with Gasteiger partial charge in [-0.2, -0.15) is 0 Å². The number of aromatic nitrogens is 2. The van der Waals surface area contributed by atoms with E-state index in [1.54, 1.807) is 12.4 Å². The lowest BCUT2D eigenvalue weighted by Gasteiger charge is -2.42. The highest BCUT2D eigenvalue weighted by Gasteiger charge is 2.34. The summed E-state index contributed by atoms with van der Waals surface area (Å²) in [4.78, 5) is 33.4. The summed E-state index contributed by atoms with van der Waals surface area (Å²) in [6.45, 7) is 2.65. The van der Waals surface area contributed by atoms with Crippen molar-refractivity contribution in [1.29, 1.82) is 0 Å². The second-order valence-electron chi connectivity index (χ2n) is 6.54. The van der Waals surface area contributed by atoms with Gasteiger partial charge in [-0.3, -0.25) is 9.69 Å². The Bertz CT molecular complexity index is 776. The normalized spacial score (nSPS) is 18.6. The number of carbonyl (C=O) groups excluding carboxylic acids is 1. The molecule has 0 saturated heterocycles. The Morgan fingerprint density at radius 3 is 2.44 bits per heavy atom. The highest BCUT2D eigenvalue weighted by Crippen LogP contribution is 2.25. The first kappa shape index (κ1) is 18.8. The van der Waals surface area contributed by atoms with Crippen molar-refractivity contribution in [2.45, 2.75) is 31.8 Å². The number of nitrogens with zero attached hydrogens (tertiary/aromatic N) is 3. The molecular formula is C19H23N5O3. The van der Waals surface area contributed by atoms with Gasteiger partial charge in [0.15, 0.2) is 5.82 Å². The third-order valence-corrected chi connectivity index (χ3v) is 4.65. The molecule has 1 saturated carbocycles. The van der Waals surface area contributed by atoms with Crippen molar-refractivity contribution >= 4 is 17.7 Å². The molecule has 0 spiro atoms. The summed E-state index contributed by atoms with van der Waals surface area (Å²) in [7, 11) is 0. The van der Waals surface area contributed by atoms with Gasteiger partial charge in [0.1, 0.15) is 0 Å². The van der Waals surface area contributed by atoms with Crippen molar-refractivity contribution in [3.8, 4) is 11.4 Å². The lowest BCUT2D eigenvalue weighted by molar-refractivity contribution is -0.139. The highest BCUT2D eigenvalue weighted by atomic mass is 16.4. The van der Waals surface area contributed by atoms with Gasteiger partial charge in [-0.05, 0) is 19.4 Å². The molecule has 1 aliphatic rings. The fourth-order valence-electron chi connectivity index (χ4n) is 3.16. The standard InChI is InChI=1S/C19H23N5O3/c1-2-24(12-17(25)26)16-8-14(9-16)22-19(27)23-15-10-20-18(21-11-15)13-6-4-3-5-7-13/h3-7,10-11,14,16H,2,8-9,12H2,1H3,(H,25,26)(H2,22,23,27). The predicted molar refractivity (Wildman–Crippen MR) is 101 cm³/mol. The fourth-order valence-corrected chi connectivity index (χ4v) is 3.16. The molecule has 0 unspecified atom stereocenters. The van der Waals surface area contributed by atoms with Gasteiger partial charge in [0.25, 0.3) is 0 Å². The average Bonchev–Trinajstić information content (AvgIpc) is 2.64. The number of amides is 2. The van der Waals surface area contributed by atoms with Gasteiger partial charge < -0.3 is 15.7 Å². The average molecular weight is 369 g/mol. The zero-order chi connectivity index (χ0) is 19.2. The summed E-state index contributed by atoms with van der Waals surface area (Å²) in [5.41, 5.74) is 1.43. The molecule has 1 heterocycles. The van der Waals surface area contributed by atoms with E-state index in [9.17, 15) is 9.59 Å². The van der Waals surface area contributed by atoms with E-state index in [1.165, 1.54) is 0 Å². The monoisotopic (exact) mass is 369 g/mol.